The minimum Gasteiger partial charge on any atom is -0.324 e. The highest BCUT2D eigenvalue weighted by atomic mass is 35.5. The maximum absolute atomic E-state index is 13.1. The molecule has 0 fully saturated rings. The summed E-state index contributed by atoms with van der Waals surface area (Å²) < 4.78 is 14.9. The Labute approximate surface area is 158 Å². The monoisotopic (exact) mass is 391 g/mol. The number of benzene rings is 1. The van der Waals surface area contributed by atoms with Crippen molar-refractivity contribution in [2.45, 2.75) is 17.3 Å². The third-order valence-electron chi connectivity index (χ3n) is 3.61. The molecule has 0 bridgehead atoms. The van der Waals surface area contributed by atoms with E-state index in [2.05, 4.69) is 20.5 Å². The molecule has 6 nitrogen and oxygen atoms in total. The number of thioether (sulfide) groups is 1. The standard InChI is InChI=1S/C17H15ClFN5OS/c1-10(16(25)21-14-4-3-12(19)9-13(14)18)26-17-23-22-15(24(17)2)11-5-7-20-8-6-11/h3-10H,1-2H3,(H,21,25)/t10-/m0/s1. The zero-order valence-corrected chi connectivity index (χ0v) is 15.6. The predicted octanol–water partition coefficient (Wildman–Crippen LogP) is 3.79. The number of halogens is 2. The molecule has 0 saturated carbocycles. The molecule has 2 aromatic heterocycles. The van der Waals surface area contributed by atoms with Gasteiger partial charge in [-0.15, -0.1) is 10.2 Å². The third kappa shape index (κ3) is 4.03. The molecule has 0 aliphatic carbocycles. The normalized spacial score (nSPS) is 12.0. The van der Waals surface area contributed by atoms with Gasteiger partial charge in [-0.3, -0.25) is 9.78 Å². The van der Waals surface area contributed by atoms with Gasteiger partial charge in [0.25, 0.3) is 0 Å². The van der Waals surface area contributed by atoms with E-state index in [0.717, 1.165) is 11.6 Å². The highest BCUT2D eigenvalue weighted by Gasteiger charge is 2.20. The first-order chi connectivity index (χ1) is 12.5. The molecule has 0 spiro atoms. The molecule has 1 aromatic carbocycles. The zero-order chi connectivity index (χ0) is 18.7. The Balaban J connectivity index is 1.71. The van der Waals surface area contributed by atoms with Crippen LogP contribution >= 0.6 is 23.4 Å². The van der Waals surface area contributed by atoms with Gasteiger partial charge in [-0.05, 0) is 37.3 Å². The Kier molecular flexibility index (Phi) is 5.53. The average Bonchev–Trinajstić information content (AvgIpc) is 2.98. The van der Waals surface area contributed by atoms with Crippen LogP contribution in [0.25, 0.3) is 11.4 Å². The van der Waals surface area contributed by atoms with Crippen LogP contribution in [0.3, 0.4) is 0 Å². The first kappa shape index (κ1) is 18.3. The van der Waals surface area contributed by atoms with Gasteiger partial charge in [0.15, 0.2) is 11.0 Å². The topological polar surface area (TPSA) is 72.7 Å². The van der Waals surface area contributed by atoms with Gasteiger partial charge >= 0.3 is 0 Å². The lowest BCUT2D eigenvalue weighted by atomic mass is 10.2. The second kappa shape index (κ2) is 7.84. The van der Waals surface area contributed by atoms with E-state index in [0.29, 0.717) is 16.7 Å². The summed E-state index contributed by atoms with van der Waals surface area (Å²) in [5, 5.41) is 11.3. The Morgan fingerprint density at radius 1 is 1.27 bits per heavy atom. The third-order valence-corrected chi connectivity index (χ3v) is 5.06. The molecule has 9 heteroatoms. The van der Waals surface area contributed by atoms with Gasteiger partial charge in [-0.2, -0.15) is 0 Å². The van der Waals surface area contributed by atoms with Crippen molar-refractivity contribution in [1.29, 1.82) is 0 Å². The summed E-state index contributed by atoms with van der Waals surface area (Å²) in [4.78, 5) is 16.4. The van der Waals surface area contributed by atoms with Crippen LogP contribution < -0.4 is 5.32 Å². The van der Waals surface area contributed by atoms with Gasteiger partial charge in [0.1, 0.15) is 5.82 Å². The maximum Gasteiger partial charge on any atom is 0.237 e. The quantitative estimate of drug-likeness (QED) is 0.670. The summed E-state index contributed by atoms with van der Waals surface area (Å²) >= 11 is 7.21. The number of nitrogens with zero attached hydrogens (tertiary/aromatic N) is 4. The van der Waals surface area contributed by atoms with E-state index < -0.39 is 11.1 Å². The molecule has 3 rings (SSSR count). The molecule has 26 heavy (non-hydrogen) atoms. The van der Waals surface area contributed by atoms with Crippen molar-refractivity contribution in [3.8, 4) is 11.4 Å². The summed E-state index contributed by atoms with van der Waals surface area (Å²) in [6.45, 7) is 1.75. The van der Waals surface area contributed by atoms with E-state index in [4.69, 9.17) is 11.6 Å². The van der Waals surface area contributed by atoms with Gasteiger partial charge < -0.3 is 9.88 Å². The van der Waals surface area contributed by atoms with Crippen molar-refractivity contribution in [3.05, 3.63) is 53.6 Å². The van der Waals surface area contributed by atoms with Crippen LogP contribution in [-0.4, -0.2) is 30.9 Å². The van der Waals surface area contributed by atoms with Crippen LogP contribution in [0.2, 0.25) is 5.02 Å². The molecule has 3 aromatic rings. The lowest BCUT2D eigenvalue weighted by molar-refractivity contribution is -0.115. The summed E-state index contributed by atoms with van der Waals surface area (Å²) in [5.41, 5.74) is 1.25. The van der Waals surface area contributed by atoms with Gasteiger partial charge in [-0.1, -0.05) is 23.4 Å². The van der Waals surface area contributed by atoms with Crippen LogP contribution in [0.1, 0.15) is 6.92 Å². The second-order valence-electron chi connectivity index (χ2n) is 5.47. The fraction of sp³-hybridized carbons (Fsp3) is 0.176. The fourth-order valence-electron chi connectivity index (χ4n) is 2.21. The lowest BCUT2D eigenvalue weighted by Crippen LogP contribution is -2.23. The highest BCUT2D eigenvalue weighted by Crippen LogP contribution is 2.27. The summed E-state index contributed by atoms with van der Waals surface area (Å²) in [6.07, 6.45) is 3.36. The van der Waals surface area contributed by atoms with Gasteiger partial charge in [-0.25, -0.2) is 4.39 Å². The lowest BCUT2D eigenvalue weighted by Gasteiger charge is -2.12. The van der Waals surface area contributed by atoms with E-state index in [9.17, 15) is 9.18 Å². The van der Waals surface area contributed by atoms with Crippen LogP contribution in [0.15, 0.2) is 47.9 Å². The number of carbonyl (C=O) groups excluding carboxylic acids is 1. The molecule has 0 radical (unpaired) electrons. The summed E-state index contributed by atoms with van der Waals surface area (Å²) in [7, 11) is 1.83. The molecule has 0 unspecified atom stereocenters. The minimum absolute atomic E-state index is 0.147. The summed E-state index contributed by atoms with van der Waals surface area (Å²) in [6, 6.07) is 7.49. The smallest absolute Gasteiger partial charge is 0.237 e. The van der Waals surface area contributed by atoms with Crippen molar-refractivity contribution in [1.82, 2.24) is 19.7 Å². The summed E-state index contributed by atoms with van der Waals surface area (Å²) in [5.74, 6) is -0.0424. The van der Waals surface area contributed by atoms with E-state index in [1.54, 1.807) is 19.3 Å². The van der Waals surface area contributed by atoms with Gasteiger partial charge in [0.2, 0.25) is 5.91 Å². The second-order valence-corrected chi connectivity index (χ2v) is 7.19. The van der Waals surface area contributed by atoms with Crippen molar-refractivity contribution in [2.75, 3.05) is 5.32 Å². The Morgan fingerprint density at radius 2 is 2.00 bits per heavy atom. The number of carbonyl (C=O) groups is 1. The molecule has 1 N–H and O–H groups in total. The first-order valence-corrected chi connectivity index (χ1v) is 8.94. The molecule has 1 amide bonds. The van der Waals surface area contributed by atoms with Gasteiger partial charge in [0, 0.05) is 25.0 Å². The largest absolute Gasteiger partial charge is 0.324 e. The Morgan fingerprint density at radius 3 is 2.69 bits per heavy atom. The van der Waals surface area contributed by atoms with E-state index >= 15 is 0 Å². The number of aromatic nitrogens is 4. The Bertz CT molecular complexity index is 934. The zero-order valence-electron chi connectivity index (χ0n) is 14.0. The first-order valence-electron chi connectivity index (χ1n) is 7.68. The number of anilines is 1. The highest BCUT2D eigenvalue weighted by molar-refractivity contribution is 8.00. The molecule has 0 saturated heterocycles. The number of nitrogens with one attached hydrogen (secondary N) is 1. The average molecular weight is 392 g/mol. The number of rotatable bonds is 5. The predicted molar refractivity (Wildman–Crippen MR) is 99.6 cm³/mol. The number of pyridine rings is 1. The van der Waals surface area contributed by atoms with Crippen molar-refractivity contribution >= 4 is 35.0 Å². The number of hydrogen-bond acceptors (Lipinski definition) is 5. The van der Waals surface area contributed by atoms with Crippen LogP contribution in [-0.2, 0) is 11.8 Å². The molecular formula is C17H15ClFN5OS. The van der Waals surface area contributed by atoms with Crippen LogP contribution in [0, 0.1) is 5.82 Å². The van der Waals surface area contributed by atoms with Crippen LogP contribution in [0.5, 0.6) is 0 Å². The SMILES string of the molecule is C[C@H](Sc1nnc(-c2ccncc2)n1C)C(=O)Nc1ccc(F)cc1Cl. The van der Waals surface area contributed by atoms with Crippen molar-refractivity contribution < 1.29 is 9.18 Å². The molecule has 0 aliphatic heterocycles. The van der Waals surface area contributed by atoms with Gasteiger partial charge in [0.05, 0.1) is 16.0 Å². The number of hydrogen-bond donors (Lipinski definition) is 1. The molecular weight excluding hydrogens is 377 g/mol. The molecule has 2 heterocycles. The maximum atomic E-state index is 13.1. The minimum atomic E-state index is -0.460. The van der Waals surface area contributed by atoms with Crippen molar-refractivity contribution in [3.63, 3.8) is 0 Å². The van der Waals surface area contributed by atoms with Crippen molar-refractivity contribution in [2.24, 2.45) is 7.05 Å². The van der Waals surface area contributed by atoms with Crippen LogP contribution in [0.4, 0.5) is 10.1 Å². The molecule has 1 atom stereocenters. The Hall–Kier alpha value is -2.45. The van der Waals surface area contributed by atoms with E-state index in [1.807, 2.05) is 23.7 Å². The molecule has 134 valence electrons. The fourth-order valence-corrected chi connectivity index (χ4v) is 3.24. The molecule has 0 aliphatic rings. The van der Waals surface area contributed by atoms with E-state index in [1.165, 1.54) is 23.9 Å². The number of amides is 1. The van der Waals surface area contributed by atoms with E-state index in [-0.39, 0.29) is 10.9 Å².